The van der Waals surface area contributed by atoms with Crippen LogP contribution in [0.5, 0.6) is 0 Å². The second-order valence-corrected chi connectivity index (χ2v) is 14.8. The number of furan rings is 2. The molecule has 0 atom stereocenters. The molecule has 0 saturated carbocycles. The predicted octanol–water partition coefficient (Wildman–Crippen LogP) is 13.9. The average Bonchev–Trinajstić information content (AvgIpc) is 4.03. The van der Waals surface area contributed by atoms with Gasteiger partial charge in [-0.05, 0) is 89.0 Å². The van der Waals surface area contributed by atoms with Crippen LogP contribution < -0.4 is 0 Å². The number of fused-ring (bicyclic) bond motifs is 7. The highest BCUT2D eigenvalue weighted by Gasteiger charge is 2.19. The molecule has 12 aromatic rings. The van der Waals surface area contributed by atoms with Gasteiger partial charge in [0.1, 0.15) is 16.7 Å². The summed E-state index contributed by atoms with van der Waals surface area (Å²) in [7, 11) is 0. The maximum Gasteiger partial charge on any atom is 0.164 e. The van der Waals surface area contributed by atoms with E-state index in [1.54, 1.807) is 6.26 Å². The van der Waals surface area contributed by atoms with Crippen LogP contribution in [0, 0.1) is 0 Å². The van der Waals surface area contributed by atoms with Crippen LogP contribution in [-0.4, -0.2) is 19.5 Å². The first-order chi connectivity index (χ1) is 29.2. The molecule has 0 aliphatic heterocycles. The Kier molecular flexibility index (Phi) is 7.43. The zero-order chi connectivity index (χ0) is 38.9. The summed E-state index contributed by atoms with van der Waals surface area (Å²) in [6, 6.07) is 65.2. The van der Waals surface area contributed by atoms with Crippen LogP contribution in [0.1, 0.15) is 0 Å². The lowest BCUT2D eigenvalue weighted by Gasteiger charge is -2.11. The van der Waals surface area contributed by atoms with E-state index in [2.05, 4.69) is 108 Å². The third-order valence-electron chi connectivity index (χ3n) is 11.4. The summed E-state index contributed by atoms with van der Waals surface area (Å²) in [6.07, 6.45) is 1.75. The van der Waals surface area contributed by atoms with Gasteiger partial charge >= 0.3 is 0 Å². The Morgan fingerprint density at radius 3 is 1.69 bits per heavy atom. The molecule has 4 heterocycles. The molecule has 0 spiro atoms. The van der Waals surface area contributed by atoms with E-state index in [9.17, 15) is 0 Å². The Bertz CT molecular complexity index is 3490. The molecule has 6 nitrogen and oxygen atoms in total. The summed E-state index contributed by atoms with van der Waals surface area (Å²) in [5.41, 5.74) is 13.0. The highest BCUT2D eigenvalue weighted by atomic mass is 16.3. The van der Waals surface area contributed by atoms with Crippen molar-refractivity contribution in [3.05, 3.63) is 194 Å². The van der Waals surface area contributed by atoms with Crippen molar-refractivity contribution in [2.45, 2.75) is 0 Å². The zero-order valence-corrected chi connectivity index (χ0v) is 31.6. The van der Waals surface area contributed by atoms with Crippen molar-refractivity contribution in [2.24, 2.45) is 0 Å². The molecule has 0 fully saturated rings. The number of rotatable bonds is 6. The number of hydrogen-bond acceptors (Lipinski definition) is 5. The van der Waals surface area contributed by atoms with Gasteiger partial charge in [-0.15, -0.1) is 0 Å². The molecule has 8 aromatic carbocycles. The SMILES string of the molecule is c1ccc(-c2nc(-c3ccccc3)nc(-c3cc(-c4ccc5c(c4)c4ccccc4n5-c4ccc(-c5ccc6c(c5)oc5ccccc56)cc4)c4ccoc4c3)n2)cc1. The monoisotopic (exact) mass is 756 g/mol. The maximum atomic E-state index is 6.21. The van der Waals surface area contributed by atoms with Crippen molar-refractivity contribution in [2.75, 3.05) is 0 Å². The molecule has 59 heavy (non-hydrogen) atoms. The van der Waals surface area contributed by atoms with E-state index in [4.69, 9.17) is 23.8 Å². The number of nitrogens with zero attached hydrogens (tertiary/aromatic N) is 4. The molecule has 4 aromatic heterocycles. The molecule has 276 valence electrons. The highest BCUT2D eigenvalue weighted by molar-refractivity contribution is 6.11. The molecule has 0 N–H and O–H groups in total. The molecule has 0 unspecified atom stereocenters. The lowest BCUT2D eigenvalue weighted by molar-refractivity contribution is 0.616. The van der Waals surface area contributed by atoms with E-state index in [1.807, 2.05) is 84.9 Å². The van der Waals surface area contributed by atoms with Crippen LogP contribution in [0.25, 0.3) is 117 Å². The van der Waals surface area contributed by atoms with Crippen molar-refractivity contribution in [3.63, 3.8) is 0 Å². The molecule has 0 aliphatic carbocycles. The molecule has 0 saturated heterocycles. The fourth-order valence-electron chi connectivity index (χ4n) is 8.50. The molecule has 0 bridgehead atoms. The topological polar surface area (TPSA) is 69.9 Å². The summed E-state index contributed by atoms with van der Waals surface area (Å²) in [5, 5.41) is 5.64. The fraction of sp³-hybridized carbons (Fsp3) is 0. The molecular weight excluding hydrogens is 725 g/mol. The van der Waals surface area contributed by atoms with E-state index in [1.165, 1.54) is 5.39 Å². The lowest BCUT2D eigenvalue weighted by Crippen LogP contribution is -2.00. The quantitative estimate of drug-likeness (QED) is 0.169. The Balaban J connectivity index is 0.967. The van der Waals surface area contributed by atoms with Crippen molar-refractivity contribution in [3.8, 4) is 62.1 Å². The minimum absolute atomic E-state index is 0.580. The van der Waals surface area contributed by atoms with Gasteiger partial charge in [-0.1, -0.05) is 121 Å². The smallest absolute Gasteiger partial charge is 0.164 e. The van der Waals surface area contributed by atoms with Crippen molar-refractivity contribution in [1.29, 1.82) is 0 Å². The lowest BCUT2D eigenvalue weighted by atomic mass is 9.97. The van der Waals surface area contributed by atoms with Crippen LogP contribution in [0.3, 0.4) is 0 Å². The summed E-state index contributed by atoms with van der Waals surface area (Å²) in [6.45, 7) is 0. The first-order valence-electron chi connectivity index (χ1n) is 19.7. The van der Waals surface area contributed by atoms with E-state index >= 15 is 0 Å². The van der Waals surface area contributed by atoms with Gasteiger partial charge in [-0.3, -0.25) is 0 Å². The van der Waals surface area contributed by atoms with Gasteiger partial charge in [-0.25, -0.2) is 15.0 Å². The molecular formula is C53H32N4O2. The minimum atomic E-state index is 0.580. The van der Waals surface area contributed by atoms with Crippen molar-refractivity contribution in [1.82, 2.24) is 19.5 Å². The van der Waals surface area contributed by atoms with Crippen LogP contribution in [0.2, 0.25) is 0 Å². The average molecular weight is 757 g/mol. The summed E-state index contributed by atoms with van der Waals surface area (Å²) in [4.78, 5) is 15.0. The van der Waals surface area contributed by atoms with E-state index in [-0.39, 0.29) is 0 Å². The second-order valence-electron chi connectivity index (χ2n) is 14.8. The number of aromatic nitrogens is 4. The minimum Gasteiger partial charge on any atom is -0.464 e. The third-order valence-corrected chi connectivity index (χ3v) is 11.4. The molecule has 6 heteroatoms. The van der Waals surface area contributed by atoms with Gasteiger partial charge in [0.15, 0.2) is 17.5 Å². The van der Waals surface area contributed by atoms with Crippen LogP contribution in [-0.2, 0) is 0 Å². The van der Waals surface area contributed by atoms with Crippen molar-refractivity contribution < 1.29 is 8.83 Å². The second kappa shape index (κ2) is 13.3. The number of hydrogen-bond donors (Lipinski definition) is 0. The maximum absolute atomic E-state index is 6.21. The number of benzene rings is 8. The number of para-hydroxylation sites is 2. The first kappa shape index (κ1) is 33.1. The predicted molar refractivity (Wildman–Crippen MR) is 238 cm³/mol. The Morgan fingerprint density at radius 1 is 0.339 bits per heavy atom. The molecule has 0 aliphatic rings. The Hall–Kier alpha value is -8.09. The van der Waals surface area contributed by atoms with Crippen LogP contribution in [0.4, 0.5) is 0 Å². The van der Waals surface area contributed by atoms with Gasteiger partial charge in [0.05, 0.1) is 17.3 Å². The van der Waals surface area contributed by atoms with Gasteiger partial charge in [0.2, 0.25) is 0 Å². The zero-order valence-electron chi connectivity index (χ0n) is 31.6. The van der Waals surface area contributed by atoms with Gasteiger partial charge in [0, 0.05) is 49.3 Å². The van der Waals surface area contributed by atoms with Crippen molar-refractivity contribution >= 4 is 54.7 Å². The first-order valence-corrected chi connectivity index (χ1v) is 19.7. The summed E-state index contributed by atoms with van der Waals surface area (Å²) >= 11 is 0. The fourth-order valence-corrected chi connectivity index (χ4v) is 8.50. The third kappa shape index (κ3) is 5.53. The molecule has 12 rings (SSSR count). The highest BCUT2D eigenvalue weighted by Crippen LogP contribution is 2.40. The summed E-state index contributed by atoms with van der Waals surface area (Å²) in [5.74, 6) is 1.81. The Morgan fingerprint density at radius 2 is 0.932 bits per heavy atom. The molecule has 0 radical (unpaired) electrons. The van der Waals surface area contributed by atoms with Crippen LogP contribution in [0.15, 0.2) is 203 Å². The van der Waals surface area contributed by atoms with E-state index < -0.39 is 0 Å². The van der Waals surface area contributed by atoms with Crippen LogP contribution >= 0.6 is 0 Å². The Labute approximate surface area is 338 Å². The molecule has 0 amide bonds. The largest absolute Gasteiger partial charge is 0.464 e. The van der Waals surface area contributed by atoms with Gasteiger partial charge in [0.25, 0.3) is 0 Å². The van der Waals surface area contributed by atoms with Gasteiger partial charge in [-0.2, -0.15) is 0 Å². The summed E-state index contributed by atoms with van der Waals surface area (Å²) < 4.78 is 14.6. The normalized spacial score (nSPS) is 11.7. The van der Waals surface area contributed by atoms with E-state index in [0.717, 1.165) is 94.0 Å². The van der Waals surface area contributed by atoms with E-state index in [0.29, 0.717) is 17.5 Å². The standard InChI is InChI=1S/C53H32N4O2/c1-3-11-34(12-4-1)51-54-52(35-13-5-2-6-14-35)56-53(55-51)38-30-44(43-27-28-58-49(43)32-38)37-22-26-47-45(29-37)40-15-7-9-17-46(40)57(47)39-23-19-33(20-24-39)36-21-25-42-41-16-8-10-18-48(41)59-50(42)31-36/h1-32H. The van der Waals surface area contributed by atoms with Gasteiger partial charge < -0.3 is 13.4 Å².